The Morgan fingerprint density at radius 3 is 2.62 bits per heavy atom. The Kier molecular flexibility index (Phi) is 6.94. The van der Waals surface area contributed by atoms with Gasteiger partial charge in [-0.3, -0.25) is 14.9 Å². The van der Waals surface area contributed by atoms with Crippen LogP contribution in [0.5, 0.6) is 0 Å². The Hall–Kier alpha value is -2.74. The molecule has 1 aliphatic heterocycles. The quantitative estimate of drug-likeness (QED) is 0.314. The maximum Gasteiger partial charge on any atom is 0.293 e. The molecule has 5 rings (SSSR count). The molecule has 0 spiro atoms. The molecule has 2 aliphatic carbocycles. The van der Waals surface area contributed by atoms with Crippen molar-refractivity contribution in [1.29, 1.82) is 0 Å². The number of hydrogen-bond donors (Lipinski definition) is 1. The molecule has 2 aromatic rings. The minimum atomic E-state index is -0.308. The molecule has 2 heterocycles. The number of carbonyl (C=O) groups is 1. The summed E-state index contributed by atoms with van der Waals surface area (Å²) in [5, 5.41) is 15.8. The van der Waals surface area contributed by atoms with Gasteiger partial charge in [-0.2, -0.15) is 0 Å². The molecule has 0 radical (unpaired) electrons. The Bertz CT molecular complexity index is 1100. The summed E-state index contributed by atoms with van der Waals surface area (Å²) in [5.74, 6) is -0.00573. The van der Waals surface area contributed by atoms with Crippen molar-refractivity contribution >= 4 is 39.8 Å². The number of aliphatic imine (C=N–C) groups is 1. The summed E-state index contributed by atoms with van der Waals surface area (Å²) in [6.45, 7) is 1.71. The second-order valence-corrected chi connectivity index (χ2v) is 10.7. The van der Waals surface area contributed by atoms with Crippen LogP contribution in [0.3, 0.4) is 0 Å². The average molecular weight is 481 g/mol. The molecule has 0 unspecified atom stereocenters. The van der Waals surface area contributed by atoms with Crippen molar-refractivity contribution in [2.24, 2.45) is 4.99 Å². The van der Waals surface area contributed by atoms with Gasteiger partial charge >= 0.3 is 0 Å². The Balaban J connectivity index is 1.43. The summed E-state index contributed by atoms with van der Waals surface area (Å²) in [6.07, 6.45) is 13.6. The Morgan fingerprint density at radius 2 is 1.85 bits per heavy atom. The van der Waals surface area contributed by atoms with Crippen molar-refractivity contribution in [2.75, 3.05) is 18.0 Å². The number of fused-ring (bicyclic) bond motifs is 1. The topological polar surface area (TPSA) is 87.8 Å². The smallest absolute Gasteiger partial charge is 0.293 e. The van der Waals surface area contributed by atoms with Gasteiger partial charge in [-0.05, 0) is 68.6 Å². The number of thiophene rings is 1. The number of aryl methyl sites for hydroxylation is 1. The van der Waals surface area contributed by atoms with Gasteiger partial charge in [0.1, 0.15) is 10.7 Å². The lowest BCUT2D eigenvalue weighted by Gasteiger charge is -2.23. The van der Waals surface area contributed by atoms with Crippen molar-refractivity contribution in [2.45, 2.75) is 76.7 Å². The summed E-state index contributed by atoms with van der Waals surface area (Å²) in [5.41, 5.74) is 3.36. The van der Waals surface area contributed by atoms with Gasteiger partial charge in [0, 0.05) is 36.3 Å². The van der Waals surface area contributed by atoms with Gasteiger partial charge in [-0.25, -0.2) is 4.99 Å². The molecule has 0 atom stereocenters. The second-order valence-electron chi connectivity index (χ2n) is 9.66. The molecule has 1 aromatic heterocycles. The molecule has 3 aliphatic rings. The molecule has 1 aromatic carbocycles. The van der Waals surface area contributed by atoms with Gasteiger partial charge in [0.25, 0.3) is 11.6 Å². The number of anilines is 1. The minimum absolute atomic E-state index is 0.00573. The standard InChI is InChI=1S/C26H32N4O3S/c31-25(28-19-8-2-1-3-9-19)24-20-10-4-5-11-23(20)34-26(24)27-17-18-12-13-21(22(16-18)30(32)33)29-14-6-7-15-29/h12-13,16-17,19H,1-11,14-15H2,(H,28,31)/b27-17+. The van der Waals surface area contributed by atoms with Crippen LogP contribution in [0, 0.1) is 10.1 Å². The van der Waals surface area contributed by atoms with Gasteiger partial charge in [0.2, 0.25) is 0 Å². The highest BCUT2D eigenvalue weighted by molar-refractivity contribution is 7.16. The molecule has 34 heavy (non-hydrogen) atoms. The average Bonchev–Trinajstić information content (AvgIpc) is 3.51. The van der Waals surface area contributed by atoms with Gasteiger partial charge in [-0.1, -0.05) is 25.3 Å². The molecule has 2 fully saturated rings. The van der Waals surface area contributed by atoms with Gasteiger partial charge in [0.05, 0.1) is 10.5 Å². The number of hydrogen-bond acceptors (Lipinski definition) is 6. The van der Waals surface area contributed by atoms with Crippen LogP contribution in [0.4, 0.5) is 16.4 Å². The number of nitro benzene ring substituents is 1. The van der Waals surface area contributed by atoms with Crippen molar-refractivity contribution in [1.82, 2.24) is 5.32 Å². The van der Waals surface area contributed by atoms with E-state index in [0.29, 0.717) is 11.3 Å². The SMILES string of the molecule is O=C(NC1CCCCC1)c1c(/N=C/c2ccc(N3CCCC3)c([N+](=O)[O-])c2)sc2c1CCCC2. The lowest BCUT2D eigenvalue weighted by Crippen LogP contribution is -2.36. The zero-order chi connectivity index (χ0) is 23.5. The first-order valence-corrected chi connectivity index (χ1v) is 13.4. The van der Waals surface area contributed by atoms with Crippen LogP contribution in [0.15, 0.2) is 23.2 Å². The zero-order valence-corrected chi connectivity index (χ0v) is 20.4. The van der Waals surface area contributed by atoms with Gasteiger partial charge in [0.15, 0.2) is 0 Å². The zero-order valence-electron chi connectivity index (χ0n) is 19.6. The fourth-order valence-corrected chi connectivity index (χ4v) is 6.74. The third-order valence-electron chi connectivity index (χ3n) is 7.29. The molecular formula is C26H32N4O3S. The lowest BCUT2D eigenvalue weighted by molar-refractivity contribution is -0.384. The third-order valence-corrected chi connectivity index (χ3v) is 8.49. The van der Waals surface area contributed by atoms with Crippen LogP contribution in [-0.4, -0.2) is 36.2 Å². The predicted molar refractivity (Wildman–Crippen MR) is 137 cm³/mol. The van der Waals surface area contributed by atoms with Crippen LogP contribution < -0.4 is 10.2 Å². The van der Waals surface area contributed by atoms with Crippen LogP contribution >= 0.6 is 11.3 Å². The molecule has 180 valence electrons. The Labute approximate surface area is 204 Å². The number of nitrogens with one attached hydrogen (secondary N) is 1. The summed E-state index contributed by atoms with van der Waals surface area (Å²) in [6, 6.07) is 5.57. The van der Waals surface area contributed by atoms with E-state index in [1.54, 1.807) is 23.6 Å². The fourth-order valence-electron chi connectivity index (χ4n) is 5.51. The summed E-state index contributed by atoms with van der Waals surface area (Å²) < 4.78 is 0. The third kappa shape index (κ3) is 4.87. The van der Waals surface area contributed by atoms with Crippen LogP contribution in [-0.2, 0) is 12.8 Å². The molecule has 8 heteroatoms. The number of nitro groups is 1. The monoisotopic (exact) mass is 480 g/mol. The minimum Gasteiger partial charge on any atom is -0.366 e. The number of amides is 1. The van der Waals surface area contributed by atoms with Crippen LogP contribution in [0.2, 0.25) is 0 Å². The normalized spacial score (nSPS) is 18.9. The van der Waals surface area contributed by atoms with Crippen molar-refractivity contribution in [3.05, 3.63) is 49.9 Å². The van der Waals surface area contributed by atoms with Crippen LogP contribution in [0.1, 0.15) is 84.1 Å². The molecule has 1 saturated heterocycles. The van der Waals surface area contributed by atoms with E-state index in [-0.39, 0.29) is 22.6 Å². The van der Waals surface area contributed by atoms with Gasteiger partial charge in [-0.15, -0.1) is 11.3 Å². The summed E-state index contributed by atoms with van der Waals surface area (Å²) in [7, 11) is 0. The molecular weight excluding hydrogens is 448 g/mol. The van der Waals surface area contributed by atoms with E-state index in [1.165, 1.54) is 24.1 Å². The molecule has 1 saturated carbocycles. The van der Waals surface area contributed by atoms with Crippen molar-refractivity contribution < 1.29 is 9.72 Å². The fraction of sp³-hybridized carbons (Fsp3) is 0.538. The van der Waals surface area contributed by atoms with E-state index in [9.17, 15) is 14.9 Å². The van der Waals surface area contributed by atoms with E-state index in [4.69, 9.17) is 4.99 Å². The molecule has 7 nitrogen and oxygen atoms in total. The summed E-state index contributed by atoms with van der Waals surface area (Å²) in [4.78, 5) is 32.9. The van der Waals surface area contributed by atoms with E-state index in [2.05, 4.69) is 10.2 Å². The summed E-state index contributed by atoms with van der Waals surface area (Å²) >= 11 is 1.60. The van der Waals surface area contributed by atoms with E-state index in [1.807, 2.05) is 12.1 Å². The van der Waals surface area contributed by atoms with E-state index < -0.39 is 0 Å². The van der Waals surface area contributed by atoms with Crippen LogP contribution in [0.25, 0.3) is 0 Å². The maximum atomic E-state index is 13.3. The molecule has 0 bridgehead atoms. The maximum absolute atomic E-state index is 13.3. The molecule has 1 N–H and O–H groups in total. The first kappa shape index (κ1) is 23.0. The Morgan fingerprint density at radius 1 is 1.09 bits per heavy atom. The first-order chi connectivity index (χ1) is 16.6. The predicted octanol–water partition coefficient (Wildman–Crippen LogP) is 5.95. The highest BCUT2D eigenvalue weighted by atomic mass is 32.1. The first-order valence-electron chi connectivity index (χ1n) is 12.6. The largest absolute Gasteiger partial charge is 0.366 e. The van der Waals surface area contributed by atoms with E-state index in [0.717, 1.165) is 80.6 Å². The molecule has 1 amide bonds. The van der Waals surface area contributed by atoms with Crippen molar-refractivity contribution in [3.63, 3.8) is 0 Å². The number of rotatable bonds is 6. The number of benzene rings is 1. The second kappa shape index (κ2) is 10.3. The van der Waals surface area contributed by atoms with Crippen molar-refractivity contribution in [3.8, 4) is 0 Å². The lowest BCUT2D eigenvalue weighted by atomic mass is 9.93. The number of nitrogens with zero attached hydrogens (tertiary/aromatic N) is 3. The van der Waals surface area contributed by atoms with E-state index >= 15 is 0 Å². The highest BCUT2D eigenvalue weighted by Gasteiger charge is 2.27. The highest BCUT2D eigenvalue weighted by Crippen LogP contribution is 2.40. The number of carbonyl (C=O) groups excluding carboxylic acids is 1. The van der Waals surface area contributed by atoms with Gasteiger partial charge < -0.3 is 10.2 Å².